The molecule has 150 valence electrons. The fraction of sp³-hybridized carbons (Fsp3) is 0.591. The molecule has 3 heterocycles. The minimum absolute atomic E-state index is 0.0259. The quantitative estimate of drug-likeness (QED) is 0.705. The number of ether oxygens (including phenoxy) is 1. The molecule has 3 saturated heterocycles. The van der Waals surface area contributed by atoms with E-state index in [1.807, 2.05) is 42.2 Å². The molecule has 6 nitrogen and oxygen atoms in total. The zero-order valence-electron chi connectivity index (χ0n) is 16.4. The monoisotopic (exact) mass is 384 g/mol. The molecule has 0 aliphatic carbocycles. The molecule has 3 aliphatic heterocycles. The van der Waals surface area contributed by atoms with Gasteiger partial charge in [0.25, 0.3) is 0 Å². The summed E-state index contributed by atoms with van der Waals surface area (Å²) in [7, 11) is 0. The first-order chi connectivity index (χ1) is 13.5. The number of carbonyl (C=O) groups is 3. The zero-order valence-corrected chi connectivity index (χ0v) is 16.4. The van der Waals surface area contributed by atoms with Crippen LogP contribution in [0.3, 0.4) is 0 Å². The van der Waals surface area contributed by atoms with Gasteiger partial charge in [0.05, 0.1) is 18.6 Å². The van der Waals surface area contributed by atoms with Crippen molar-refractivity contribution in [2.75, 3.05) is 19.7 Å². The van der Waals surface area contributed by atoms with Gasteiger partial charge in [-0.1, -0.05) is 30.3 Å². The summed E-state index contributed by atoms with van der Waals surface area (Å²) >= 11 is 0. The van der Waals surface area contributed by atoms with Crippen molar-refractivity contribution in [1.82, 2.24) is 9.80 Å². The van der Waals surface area contributed by atoms with Gasteiger partial charge in [-0.2, -0.15) is 0 Å². The van der Waals surface area contributed by atoms with Crippen LogP contribution in [0, 0.1) is 5.41 Å². The van der Waals surface area contributed by atoms with E-state index in [4.69, 9.17) is 4.74 Å². The van der Waals surface area contributed by atoms with E-state index >= 15 is 0 Å². The van der Waals surface area contributed by atoms with Crippen LogP contribution in [-0.4, -0.2) is 59.4 Å². The molecule has 0 saturated carbocycles. The van der Waals surface area contributed by atoms with E-state index in [-0.39, 0.29) is 36.4 Å². The lowest BCUT2D eigenvalue weighted by Gasteiger charge is -2.35. The van der Waals surface area contributed by atoms with Gasteiger partial charge in [-0.3, -0.25) is 14.4 Å². The summed E-state index contributed by atoms with van der Waals surface area (Å²) in [6.45, 7) is 2.95. The van der Waals surface area contributed by atoms with Crippen molar-refractivity contribution in [1.29, 1.82) is 0 Å². The number of nitrogens with zero attached hydrogens (tertiary/aromatic N) is 2. The Kier molecular flexibility index (Phi) is 5.13. The Morgan fingerprint density at radius 1 is 1.21 bits per heavy atom. The topological polar surface area (TPSA) is 66.9 Å². The molecule has 2 amide bonds. The first kappa shape index (κ1) is 19.0. The van der Waals surface area contributed by atoms with Crippen molar-refractivity contribution in [2.24, 2.45) is 5.41 Å². The normalized spacial score (nSPS) is 28.8. The van der Waals surface area contributed by atoms with Crippen LogP contribution in [0.25, 0.3) is 0 Å². The second kappa shape index (κ2) is 7.57. The maximum Gasteiger partial charge on any atom is 0.314 e. The van der Waals surface area contributed by atoms with Gasteiger partial charge in [-0.05, 0) is 44.6 Å². The molecule has 1 aromatic carbocycles. The van der Waals surface area contributed by atoms with E-state index in [0.717, 1.165) is 24.8 Å². The molecule has 3 aliphatic rings. The molecule has 3 atom stereocenters. The number of esters is 1. The summed E-state index contributed by atoms with van der Waals surface area (Å²) in [6.07, 6.45) is 4.31. The Balaban J connectivity index is 1.59. The van der Waals surface area contributed by atoms with E-state index in [0.29, 0.717) is 32.4 Å². The predicted molar refractivity (Wildman–Crippen MR) is 103 cm³/mol. The molecular formula is C22H28N2O4. The Morgan fingerprint density at radius 3 is 2.68 bits per heavy atom. The molecule has 4 rings (SSSR count). The highest BCUT2D eigenvalue weighted by molar-refractivity contribution is 5.88. The summed E-state index contributed by atoms with van der Waals surface area (Å²) in [6, 6.07) is 9.88. The molecule has 0 N–H and O–H groups in total. The molecule has 6 heteroatoms. The van der Waals surface area contributed by atoms with E-state index in [1.165, 1.54) is 0 Å². The van der Waals surface area contributed by atoms with Crippen molar-refractivity contribution in [3.05, 3.63) is 35.9 Å². The summed E-state index contributed by atoms with van der Waals surface area (Å²) in [5.41, 5.74) is 0.399. The number of hydrogen-bond acceptors (Lipinski definition) is 4. The highest BCUT2D eigenvalue weighted by atomic mass is 16.5. The van der Waals surface area contributed by atoms with Crippen LogP contribution in [0.1, 0.15) is 44.6 Å². The fourth-order valence-corrected chi connectivity index (χ4v) is 5.39. The van der Waals surface area contributed by atoms with E-state index in [2.05, 4.69) is 0 Å². The van der Waals surface area contributed by atoms with Gasteiger partial charge in [0, 0.05) is 25.0 Å². The van der Waals surface area contributed by atoms with E-state index in [9.17, 15) is 14.4 Å². The lowest BCUT2D eigenvalue weighted by atomic mass is 9.70. The molecule has 28 heavy (non-hydrogen) atoms. The molecular weight excluding hydrogens is 356 g/mol. The van der Waals surface area contributed by atoms with Gasteiger partial charge in [0.15, 0.2) is 0 Å². The highest BCUT2D eigenvalue weighted by Crippen LogP contribution is 2.52. The minimum atomic E-state index is -0.690. The average Bonchev–Trinajstić information content (AvgIpc) is 3.37. The van der Waals surface area contributed by atoms with Gasteiger partial charge in [-0.15, -0.1) is 0 Å². The van der Waals surface area contributed by atoms with Crippen LogP contribution < -0.4 is 0 Å². The third-order valence-corrected chi connectivity index (χ3v) is 6.57. The predicted octanol–water partition coefficient (Wildman–Crippen LogP) is 2.16. The number of benzene rings is 1. The molecule has 2 bridgehead atoms. The van der Waals surface area contributed by atoms with E-state index in [1.54, 1.807) is 4.90 Å². The Bertz CT molecular complexity index is 765. The number of rotatable bonds is 6. The Labute approximate surface area is 165 Å². The van der Waals surface area contributed by atoms with Crippen LogP contribution >= 0.6 is 0 Å². The van der Waals surface area contributed by atoms with Crippen LogP contribution in [0.2, 0.25) is 0 Å². The second-order valence-electron chi connectivity index (χ2n) is 8.21. The largest absolute Gasteiger partial charge is 0.465 e. The first-order valence-electron chi connectivity index (χ1n) is 10.4. The maximum atomic E-state index is 13.1. The summed E-state index contributed by atoms with van der Waals surface area (Å²) in [5.74, 6) is -0.163. The van der Waals surface area contributed by atoms with Gasteiger partial charge in [0.1, 0.15) is 0 Å². The molecule has 0 unspecified atom stereocenters. The molecule has 1 aromatic rings. The summed E-state index contributed by atoms with van der Waals surface area (Å²) in [4.78, 5) is 41.7. The number of fused-ring (bicyclic) bond motifs is 2. The molecule has 0 spiro atoms. The zero-order chi connectivity index (χ0) is 19.7. The van der Waals surface area contributed by atoms with Crippen molar-refractivity contribution in [3.63, 3.8) is 0 Å². The number of likely N-dealkylation sites (tertiary alicyclic amines) is 1. The standard InChI is InChI=1S/C22H28N2O4/c1-2-28-21(27)22(13-16-7-4-3-5-8-16)14-17-10-11-18(22)24(17)20(26)15-23-12-6-9-19(23)25/h3-5,7-8,17-18H,2,6,9-15H2,1H3/t17-,18+,22+/m1/s1. The third-order valence-electron chi connectivity index (χ3n) is 6.57. The van der Waals surface area contributed by atoms with Gasteiger partial charge >= 0.3 is 5.97 Å². The number of amides is 2. The van der Waals surface area contributed by atoms with E-state index < -0.39 is 5.41 Å². The first-order valence-corrected chi connectivity index (χ1v) is 10.4. The molecule has 0 radical (unpaired) electrons. The second-order valence-corrected chi connectivity index (χ2v) is 8.21. The van der Waals surface area contributed by atoms with Gasteiger partial charge in [-0.25, -0.2) is 0 Å². The fourth-order valence-electron chi connectivity index (χ4n) is 5.39. The van der Waals surface area contributed by atoms with Crippen molar-refractivity contribution >= 4 is 17.8 Å². The Hall–Kier alpha value is -2.37. The van der Waals surface area contributed by atoms with Gasteiger partial charge < -0.3 is 14.5 Å². The molecule has 0 aromatic heterocycles. The maximum absolute atomic E-state index is 13.1. The SMILES string of the molecule is CCOC(=O)[C@@]1(Cc2ccccc2)C[C@H]2CC[C@@H]1N2C(=O)CN1CCCC1=O. The Morgan fingerprint density at radius 2 is 2.00 bits per heavy atom. The summed E-state index contributed by atoms with van der Waals surface area (Å²) in [5, 5.41) is 0. The van der Waals surface area contributed by atoms with Crippen LogP contribution in [-0.2, 0) is 25.5 Å². The highest BCUT2D eigenvalue weighted by Gasteiger charge is 2.61. The van der Waals surface area contributed by atoms with Crippen molar-refractivity contribution in [2.45, 2.75) is 57.5 Å². The smallest absolute Gasteiger partial charge is 0.314 e. The lowest BCUT2D eigenvalue weighted by Crippen LogP contribution is -2.49. The molecule has 3 fully saturated rings. The average molecular weight is 384 g/mol. The number of hydrogen-bond donors (Lipinski definition) is 0. The van der Waals surface area contributed by atoms with Crippen LogP contribution in [0.4, 0.5) is 0 Å². The van der Waals surface area contributed by atoms with Crippen LogP contribution in [0.5, 0.6) is 0 Å². The lowest BCUT2D eigenvalue weighted by molar-refractivity contribution is -0.158. The minimum Gasteiger partial charge on any atom is -0.465 e. The number of carbonyl (C=O) groups excluding carboxylic acids is 3. The summed E-state index contributed by atoms with van der Waals surface area (Å²) < 4.78 is 5.49. The van der Waals surface area contributed by atoms with Crippen molar-refractivity contribution < 1.29 is 19.1 Å². The van der Waals surface area contributed by atoms with Gasteiger partial charge in [0.2, 0.25) is 11.8 Å². The van der Waals surface area contributed by atoms with Crippen LogP contribution in [0.15, 0.2) is 30.3 Å². The third kappa shape index (κ3) is 3.19. The van der Waals surface area contributed by atoms with Crippen molar-refractivity contribution in [3.8, 4) is 0 Å².